The van der Waals surface area contributed by atoms with Crippen LogP contribution in [-0.2, 0) is 16.6 Å². The molecule has 1 aromatic heterocycles. The molecule has 0 spiro atoms. The molecule has 8 heteroatoms. The topological polar surface area (TPSA) is 81.4 Å². The van der Waals surface area contributed by atoms with E-state index in [2.05, 4.69) is 9.88 Å². The van der Waals surface area contributed by atoms with E-state index in [4.69, 9.17) is 9.26 Å². The summed E-state index contributed by atoms with van der Waals surface area (Å²) in [6.45, 7) is 1.69. The summed E-state index contributed by atoms with van der Waals surface area (Å²) in [4.78, 5) is -0.0908. The van der Waals surface area contributed by atoms with Gasteiger partial charge in [0.2, 0.25) is 10.0 Å². The van der Waals surface area contributed by atoms with E-state index in [9.17, 15) is 12.8 Å². The van der Waals surface area contributed by atoms with Crippen LogP contribution in [0.4, 0.5) is 4.39 Å². The second kappa shape index (κ2) is 5.59. The van der Waals surface area contributed by atoms with E-state index in [0.29, 0.717) is 11.5 Å². The number of rotatable bonds is 5. The Bertz CT molecular complexity index is 712. The van der Waals surface area contributed by atoms with Crippen LogP contribution in [0.15, 0.2) is 33.7 Å². The van der Waals surface area contributed by atoms with E-state index in [1.54, 1.807) is 13.0 Å². The van der Waals surface area contributed by atoms with Crippen molar-refractivity contribution in [3.8, 4) is 5.75 Å². The summed E-state index contributed by atoms with van der Waals surface area (Å²) in [5.74, 6) is -0.374. The summed E-state index contributed by atoms with van der Waals surface area (Å²) in [6.07, 6.45) is 0. The Kier molecular flexibility index (Phi) is 4.05. The van der Waals surface area contributed by atoms with E-state index in [0.717, 1.165) is 18.2 Å². The van der Waals surface area contributed by atoms with E-state index in [-0.39, 0.29) is 17.2 Å². The number of aryl methyl sites for hydroxylation is 1. The zero-order chi connectivity index (χ0) is 14.8. The molecule has 0 aliphatic carbocycles. The van der Waals surface area contributed by atoms with Crippen molar-refractivity contribution in [2.45, 2.75) is 18.4 Å². The Morgan fingerprint density at radius 2 is 2.15 bits per heavy atom. The van der Waals surface area contributed by atoms with Gasteiger partial charge in [-0.2, -0.15) is 0 Å². The number of halogens is 1. The molecule has 1 N–H and O–H groups in total. The standard InChI is InChI=1S/C12H13FN2O4S/c1-8-5-9(19-15-8)7-14-20(16,17)10-3-4-11(13)12(6-10)18-2/h3-6,14H,7H2,1-2H3. The first kappa shape index (κ1) is 14.5. The molecule has 0 atom stereocenters. The van der Waals surface area contributed by atoms with Crippen molar-refractivity contribution in [1.29, 1.82) is 0 Å². The van der Waals surface area contributed by atoms with Crippen molar-refractivity contribution in [3.05, 3.63) is 41.5 Å². The fraction of sp³-hybridized carbons (Fsp3) is 0.250. The molecule has 0 aliphatic heterocycles. The number of methoxy groups -OCH3 is 1. The van der Waals surface area contributed by atoms with Crippen LogP contribution in [0.25, 0.3) is 0 Å². The van der Waals surface area contributed by atoms with Gasteiger partial charge in [-0.15, -0.1) is 0 Å². The third-order valence-electron chi connectivity index (χ3n) is 2.55. The minimum Gasteiger partial charge on any atom is -0.494 e. The monoisotopic (exact) mass is 300 g/mol. The van der Waals surface area contributed by atoms with Gasteiger partial charge in [-0.05, 0) is 19.1 Å². The van der Waals surface area contributed by atoms with Gasteiger partial charge >= 0.3 is 0 Å². The first-order chi connectivity index (χ1) is 9.42. The summed E-state index contributed by atoms with van der Waals surface area (Å²) in [6, 6.07) is 4.93. The van der Waals surface area contributed by atoms with Crippen LogP contribution in [-0.4, -0.2) is 20.7 Å². The summed E-state index contributed by atoms with van der Waals surface area (Å²) in [5.41, 5.74) is 0.655. The number of nitrogens with one attached hydrogen (secondary N) is 1. The van der Waals surface area contributed by atoms with Crippen LogP contribution in [0, 0.1) is 12.7 Å². The first-order valence-electron chi connectivity index (χ1n) is 5.68. The summed E-state index contributed by atoms with van der Waals surface area (Å²) < 4.78 is 49.3. The van der Waals surface area contributed by atoms with E-state index in [1.807, 2.05) is 0 Å². The predicted molar refractivity (Wildman–Crippen MR) is 68.2 cm³/mol. The van der Waals surface area contributed by atoms with Gasteiger partial charge in [0.15, 0.2) is 17.3 Å². The quantitative estimate of drug-likeness (QED) is 0.907. The lowest BCUT2D eigenvalue weighted by Gasteiger charge is -2.07. The minimum atomic E-state index is -3.78. The Balaban J connectivity index is 2.17. The Morgan fingerprint density at radius 1 is 1.40 bits per heavy atom. The van der Waals surface area contributed by atoms with Crippen molar-refractivity contribution in [3.63, 3.8) is 0 Å². The van der Waals surface area contributed by atoms with Crippen LogP contribution in [0.3, 0.4) is 0 Å². The van der Waals surface area contributed by atoms with Crippen LogP contribution in [0.1, 0.15) is 11.5 Å². The number of ether oxygens (including phenoxy) is 1. The third-order valence-corrected chi connectivity index (χ3v) is 3.94. The van der Waals surface area contributed by atoms with Crippen LogP contribution < -0.4 is 9.46 Å². The predicted octanol–water partition coefficient (Wildman–Crippen LogP) is 1.61. The molecule has 0 saturated carbocycles. The van der Waals surface area contributed by atoms with E-state index < -0.39 is 15.8 Å². The van der Waals surface area contributed by atoms with Crippen LogP contribution >= 0.6 is 0 Å². The lowest BCUT2D eigenvalue weighted by molar-refractivity contribution is 0.376. The first-order valence-corrected chi connectivity index (χ1v) is 7.16. The van der Waals surface area contributed by atoms with Gasteiger partial charge in [0.1, 0.15) is 0 Å². The van der Waals surface area contributed by atoms with Gasteiger partial charge in [0.25, 0.3) is 0 Å². The van der Waals surface area contributed by atoms with Gasteiger partial charge in [-0.1, -0.05) is 5.16 Å². The highest BCUT2D eigenvalue weighted by Gasteiger charge is 2.17. The molecule has 2 rings (SSSR count). The maximum absolute atomic E-state index is 13.2. The lowest BCUT2D eigenvalue weighted by atomic mass is 10.3. The zero-order valence-electron chi connectivity index (χ0n) is 10.9. The third kappa shape index (κ3) is 3.14. The second-order valence-corrected chi connectivity index (χ2v) is 5.82. The Morgan fingerprint density at radius 3 is 2.75 bits per heavy atom. The SMILES string of the molecule is COc1cc(S(=O)(=O)NCc2cc(C)no2)ccc1F. The molecule has 1 heterocycles. The second-order valence-electron chi connectivity index (χ2n) is 4.06. The van der Waals surface area contributed by atoms with Crippen molar-refractivity contribution >= 4 is 10.0 Å². The zero-order valence-corrected chi connectivity index (χ0v) is 11.7. The summed E-state index contributed by atoms with van der Waals surface area (Å²) in [7, 11) is -2.52. The van der Waals surface area contributed by atoms with Gasteiger partial charge in [-0.3, -0.25) is 0 Å². The number of hydrogen-bond donors (Lipinski definition) is 1. The number of sulfonamides is 1. The number of aromatic nitrogens is 1. The number of nitrogens with zero attached hydrogens (tertiary/aromatic N) is 1. The Hall–Kier alpha value is -1.93. The smallest absolute Gasteiger partial charge is 0.241 e. The average Bonchev–Trinajstić information content (AvgIpc) is 2.83. The van der Waals surface area contributed by atoms with Crippen molar-refractivity contribution in [1.82, 2.24) is 9.88 Å². The molecule has 2 aromatic rings. The van der Waals surface area contributed by atoms with Crippen molar-refractivity contribution in [2.24, 2.45) is 0 Å². The van der Waals surface area contributed by atoms with Gasteiger partial charge in [0.05, 0.1) is 24.2 Å². The van der Waals surface area contributed by atoms with Crippen molar-refractivity contribution in [2.75, 3.05) is 7.11 Å². The molecule has 0 fully saturated rings. The molecule has 6 nitrogen and oxygen atoms in total. The van der Waals surface area contributed by atoms with E-state index in [1.165, 1.54) is 7.11 Å². The van der Waals surface area contributed by atoms with Gasteiger partial charge in [0, 0.05) is 12.1 Å². The highest BCUT2D eigenvalue weighted by Crippen LogP contribution is 2.21. The average molecular weight is 300 g/mol. The van der Waals surface area contributed by atoms with Gasteiger partial charge < -0.3 is 9.26 Å². The fourth-order valence-corrected chi connectivity index (χ4v) is 2.56. The Labute approximate surface area is 115 Å². The number of hydrogen-bond acceptors (Lipinski definition) is 5. The van der Waals surface area contributed by atoms with E-state index >= 15 is 0 Å². The molecule has 0 aliphatic rings. The lowest BCUT2D eigenvalue weighted by Crippen LogP contribution is -2.23. The highest BCUT2D eigenvalue weighted by molar-refractivity contribution is 7.89. The largest absolute Gasteiger partial charge is 0.494 e. The summed E-state index contributed by atoms with van der Waals surface area (Å²) >= 11 is 0. The number of benzene rings is 1. The maximum Gasteiger partial charge on any atom is 0.241 e. The highest BCUT2D eigenvalue weighted by atomic mass is 32.2. The van der Waals surface area contributed by atoms with Gasteiger partial charge in [-0.25, -0.2) is 17.5 Å². The summed E-state index contributed by atoms with van der Waals surface area (Å²) in [5, 5.41) is 3.65. The molecule has 0 saturated heterocycles. The fourth-order valence-electron chi connectivity index (χ4n) is 1.56. The minimum absolute atomic E-state index is 0.0388. The van der Waals surface area contributed by atoms with Crippen molar-refractivity contribution < 1.29 is 22.1 Å². The van der Waals surface area contributed by atoms with Crippen LogP contribution in [0.5, 0.6) is 5.75 Å². The molecule has 108 valence electrons. The normalized spacial score (nSPS) is 11.6. The molecule has 0 unspecified atom stereocenters. The molecular weight excluding hydrogens is 287 g/mol. The maximum atomic E-state index is 13.2. The molecule has 0 radical (unpaired) electrons. The molecule has 1 aromatic carbocycles. The molecule has 0 amide bonds. The molecule has 0 bridgehead atoms. The molecular formula is C12H13FN2O4S. The van der Waals surface area contributed by atoms with Crippen LogP contribution in [0.2, 0.25) is 0 Å². The molecule has 20 heavy (non-hydrogen) atoms.